The SMILES string of the molecule is Cc1ccc(F)c(NC(=O)Nc2ccc(-c3cccc4[nH]nc(N)c34)nc2)c1C#N. The molecule has 0 aliphatic carbocycles. The number of nitriles is 1. The summed E-state index contributed by atoms with van der Waals surface area (Å²) in [6.07, 6.45) is 1.47. The molecule has 30 heavy (non-hydrogen) atoms. The fourth-order valence-corrected chi connectivity index (χ4v) is 3.16. The summed E-state index contributed by atoms with van der Waals surface area (Å²) in [7, 11) is 0. The van der Waals surface area contributed by atoms with Crippen LogP contribution in [0.15, 0.2) is 48.7 Å². The fourth-order valence-electron chi connectivity index (χ4n) is 3.16. The molecule has 9 heteroatoms. The number of urea groups is 1. The second-order valence-corrected chi connectivity index (χ2v) is 6.57. The summed E-state index contributed by atoms with van der Waals surface area (Å²) in [6, 6.07) is 12.9. The van der Waals surface area contributed by atoms with Gasteiger partial charge in [0, 0.05) is 5.56 Å². The summed E-state index contributed by atoms with van der Waals surface area (Å²) in [6.45, 7) is 1.66. The van der Waals surface area contributed by atoms with Crippen LogP contribution in [0.2, 0.25) is 0 Å². The molecule has 0 atom stereocenters. The molecule has 0 saturated heterocycles. The van der Waals surface area contributed by atoms with Crippen molar-refractivity contribution in [1.82, 2.24) is 15.2 Å². The molecule has 0 spiro atoms. The molecule has 5 N–H and O–H groups in total. The number of hydrogen-bond donors (Lipinski definition) is 4. The summed E-state index contributed by atoms with van der Waals surface area (Å²) in [4.78, 5) is 16.7. The number of amides is 2. The number of nitrogens with zero attached hydrogens (tertiary/aromatic N) is 3. The number of nitrogens with one attached hydrogen (secondary N) is 3. The molecule has 148 valence electrons. The van der Waals surface area contributed by atoms with E-state index in [0.717, 1.165) is 16.5 Å². The summed E-state index contributed by atoms with van der Waals surface area (Å²) in [5.41, 5.74) is 9.05. The molecule has 2 amide bonds. The number of rotatable bonds is 3. The van der Waals surface area contributed by atoms with E-state index in [-0.39, 0.29) is 11.3 Å². The van der Waals surface area contributed by atoms with E-state index in [4.69, 9.17) is 5.73 Å². The minimum atomic E-state index is -0.688. The molecule has 0 radical (unpaired) electrons. The van der Waals surface area contributed by atoms with Crippen LogP contribution in [0.1, 0.15) is 11.1 Å². The third-order valence-electron chi connectivity index (χ3n) is 4.63. The van der Waals surface area contributed by atoms with Crippen molar-refractivity contribution in [2.24, 2.45) is 0 Å². The Kier molecular flexibility index (Phi) is 4.74. The average Bonchev–Trinajstić information content (AvgIpc) is 3.13. The van der Waals surface area contributed by atoms with Crippen LogP contribution in [0.3, 0.4) is 0 Å². The number of aromatic nitrogens is 3. The molecule has 0 unspecified atom stereocenters. The normalized spacial score (nSPS) is 10.6. The molecule has 4 aromatic rings. The van der Waals surface area contributed by atoms with Crippen LogP contribution in [0, 0.1) is 24.1 Å². The highest BCUT2D eigenvalue weighted by Gasteiger charge is 2.15. The van der Waals surface area contributed by atoms with Crippen molar-refractivity contribution in [2.75, 3.05) is 16.4 Å². The standard InChI is InChI=1S/C21H16FN7O/c1-11-5-7-15(22)19(14(11)9-23)27-21(30)26-12-6-8-16(25-10-12)13-3-2-4-17-18(13)20(24)29-28-17/h2-8,10H,1H3,(H3,24,28,29)(H2,26,27,30). The van der Waals surface area contributed by atoms with Crippen molar-refractivity contribution in [2.45, 2.75) is 6.92 Å². The van der Waals surface area contributed by atoms with E-state index in [1.54, 1.807) is 19.1 Å². The van der Waals surface area contributed by atoms with Gasteiger partial charge in [-0.15, -0.1) is 0 Å². The van der Waals surface area contributed by atoms with Crippen molar-refractivity contribution in [3.8, 4) is 17.3 Å². The number of carbonyl (C=O) groups excluding carboxylic acids is 1. The predicted molar refractivity (Wildman–Crippen MR) is 112 cm³/mol. The summed E-state index contributed by atoms with van der Waals surface area (Å²) in [5, 5.41) is 21.8. The Bertz CT molecular complexity index is 1310. The van der Waals surface area contributed by atoms with Crippen LogP contribution < -0.4 is 16.4 Å². The zero-order valence-electron chi connectivity index (χ0n) is 15.8. The first-order chi connectivity index (χ1) is 14.5. The molecule has 0 fully saturated rings. The number of hydrogen-bond acceptors (Lipinski definition) is 5. The van der Waals surface area contributed by atoms with Crippen LogP contribution in [-0.2, 0) is 0 Å². The number of pyridine rings is 1. The Morgan fingerprint density at radius 3 is 2.77 bits per heavy atom. The molecule has 4 rings (SSSR count). The molecule has 0 bridgehead atoms. The maximum atomic E-state index is 14.1. The minimum Gasteiger partial charge on any atom is -0.382 e. The van der Waals surface area contributed by atoms with Gasteiger partial charge in [0.2, 0.25) is 0 Å². The largest absolute Gasteiger partial charge is 0.382 e. The van der Waals surface area contributed by atoms with Crippen molar-refractivity contribution in [3.05, 3.63) is 65.6 Å². The Morgan fingerprint density at radius 2 is 2.03 bits per heavy atom. The van der Waals surface area contributed by atoms with Crippen LogP contribution in [0.4, 0.5) is 26.4 Å². The molecular weight excluding hydrogens is 385 g/mol. The van der Waals surface area contributed by atoms with Gasteiger partial charge in [0.25, 0.3) is 0 Å². The second-order valence-electron chi connectivity index (χ2n) is 6.57. The van der Waals surface area contributed by atoms with Gasteiger partial charge in [-0.05, 0) is 36.8 Å². The number of H-pyrrole nitrogens is 1. The third-order valence-corrected chi connectivity index (χ3v) is 4.63. The number of anilines is 3. The van der Waals surface area contributed by atoms with E-state index in [1.165, 1.54) is 18.3 Å². The number of nitrogens with two attached hydrogens (primary N) is 1. The molecule has 0 saturated carbocycles. The van der Waals surface area contributed by atoms with E-state index >= 15 is 0 Å². The topological polar surface area (TPSA) is 133 Å². The monoisotopic (exact) mass is 401 g/mol. The lowest BCUT2D eigenvalue weighted by Crippen LogP contribution is -2.21. The lowest BCUT2D eigenvalue weighted by Gasteiger charge is -2.11. The van der Waals surface area contributed by atoms with Crippen molar-refractivity contribution >= 4 is 34.1 Å². The number of nitrogen functional groups attached to an aromatic ring is 1. The van der Waals surface area contributed by atoms with Gasteiger partial charge in [0.15, 0.2) is 5.82 Å². The Balaban J connectivity index is 1.55. The number of aryl methyl sites for hydroxylation is 1. The highest BCUT2D eigenvalue weighted by molar-refractivity contribution is 6.02. The minimum absolute atomic E-state index is 0.0735. The number of carbonyl (C=O) groups is 1. The van der Waals surface area contributed by atoms with Gasteiger partial charge in [0.05, 0.1) is 39.7 Å². The van der Waals surface area contributed by atoms with Gasteiger partial charge >= 0.3 is 6.03 Å². The van der Waals surface area contributed by atoms with Crippen LogP contribution in [0.25, 0.3) is 22.2 Å². The van der Waals surface area contributed by atoms with E-state index < -0.39 is 11.8 Å². The third kappa shape index (κ3) is 3.38. The van der Waals surface area contributed by atoms with E-state index in [0.29, 0.717) is 22.8 Å². The molecule has 2 aromatic heterocycles. The molecule has 8 nitrogen and oxygen atoms in total. The van der Waals surface area contributed by atoms with Gasteiger partial charge in [-0.2, -0.15) is 10.4 Å². The second kappa shape index (κ2) is 7.52. The molecule has 2 heterocycles. The van der Waals surface area contributed by atoms with Crippen LogP contribution >= 0.6 is 0 Å². The molecular formula is C21H16FN7O. The Hall–Kier alpha value is -4.45. The Labute approximate surface area is 170 Å². The maximum Gasteiger partial charge on any atom is 0.323 e. The first-order valence-corrected chi connectivity index (χ1v) is 8.94. The summed E-state index contributed by atoms with van der Waals surface area (Å²) in [5.74, 6) is -0.316. The zero-order valence-corrected chi connectivity index (χ0v) is 15.8. The van der Waals surface area contributed by atoms with Crippen molar-refractivity contribution in [1.29, 1.82) is 5.26 Å². The van der Waals surface area contributed by atoms with E-state index in [1.807, 2.05) is 24.3 Å². The average molecular weight is 401 g/mol. The van der Waals surface area contributed by atoms with Crippen molar-refractivity contribution in [3.63, 3.8) is 0 Å². The van der Waals surface area contributed by atoms with E-state index in [2.05, 4.69) is 25.8 Å². The van der Waals surface area contributed by atoms with Crippen molar-refractivity contribution < 1.29 is 9.18 Å². The summed E-state index contributed by atoms with van der Waals surface area (Å²) < 4.78 is 14.1. The maximum absolute atomic E-state index is 14.1. The van der Waals surface area contributed by atoms with Crippen LogP contribution in [0.5, 0.6) is 0 Å². The smallest absolute Gasteiger partial charge is 0.323 e. The van der Waals surface area contributed by atoms with Gasteiger partial charge in [-0.25, -0.2) is 9.18 Å². The van der Waals surface area contributed by atoms with E-state index in [9.17, 15) is 14.4 Å². The lowest BCUT2D eigenvalue weighted by molar-refractivity contribution is 0.262. The highest BCUT2D eigenvalue weighted by Crippen LogP contribution is 2.30. The Morgan fingerprint density at radius 1 is 1.20 bits per heavy atom. The number of halogens is 1. The molecule has 0 aliphatic rings. The van der Waals surface area contributed by atoms with Crippen LogP contribution in [-0.4, -0.2) is 21.2 Å². The number of aromatic amines is 1. The quantitative estimate of drug-likeness (QED) is 0.409. The van der Waals surface area contributed by atoms with Gasteiger partial charge in [-0.1, -0.05) is 18.2 Å². The fraction of sp³-hybridized carbons (Fsp3) is 0.0476. The first-order valence-electron chi connectivity index (χ1n) is 8.94. The molecule has 2 aromatic carbocycles. The summed E-state index contributed by atoms with van der Waals surface area (Å²) >= 11 is 0. The van der Waals surface area contributed by atoms with Gasteiger partial charge < -0.3 is 16.4 Å². The van der Waals surface area contributed by atoms with Gasteiger partial charge in [0.1, 0.15) is 11.9 Å². The lowest BCUT2D eigenvalue weighted by atomic mass is 10.1. The predicted octanol–water partition coefficient (Wildman–Crippen LogP) is 4.17. The number of fused-ring (bicyclic) bond motifs is 1. The zero-order chi connectivity index (χ0) is 21.3. The van der Waals surface area contributed by atoms with Gasteiger partial charge in [-0.3, -0.25) is 10.1 Å². The first kappa shape index (κ1) is 18.9. The molecule has 0 aliphatic heterocycles. The highest BCUT2D eigenvalue weighted by atomic mass is 19.1. The number of benzene rings is 2.